The molecule has 1 amide bonds. The van der Waals surface area contributed by atoms with Crippen molar-refractivity contribution in [2.45, 2.75) is 20.3 Å². The van der Waals surface area contributed by atoms with E-state index in [9.17, 15) is 9.59 Å². The van der Waals surface area contributed by atoms with E-state index in [1.807, 2.05) is 0 Å². The van der Waals surface area contributed by atoms with Crippen LogP contribution in [-0.4, -0.2) is 40.0 Å². The highest BCUT2D eigenvalue weighted by Crippen LogP contribution is 2.23. The van der Waals surface area contributed by atoms with Crippen LogP contribution in [0, 0.1) is 11.8 Å². The molecule has 2 rings (SSSR count). The standard InChI is InChI=1S/C14H18N2O3/c1-9-4-6-16(8-10(9)2)13(17)12-7-11(14(18)19)3-5-15-12/h3,5,7,9-10H,4,6,8H2,1-2H3,(H,18,19). The number of carbonyl (C=O) groups is 2. The number of hydrogen-bond acceptors (Lipinski definition) is 3. The van der Waals surface area contributed by atoms with Crippen molar-refractivity contribution in [1.29, 1.82) is 0 Å². The maximum atomic E-state index is 12.3. The Kier molecular flexibility index (Phi) is 3.83. The van der Waals surface area contributed by atoms with Gasteiger partial charge in [0.05, 0.1) is 5.56 Å². The number of carbonyl (C=O) groups excluding carboxylic acids is 1. The Morgan fingerprint density at radius 1 is 1.37 bits per heavy atom. The molecular weight excluding hydrogens is 244 g/mol. The zero-order valence-corrected chi connectivity index (χ0v) is 11.2. The van der Waals surface area contributed by atoms with Crippen LogP contribution >= 0.6 is 0 Å². The van der Waals surface area contributed by atoms with Crippen molar-refractivity contribution >= 4 is 11.9 Å². The number of rotatable bonds is 2. The predicted octanol–water partition coefficient (Wildman–Crippen LogP) is 1.90. The number of amides is 1. The smallest absolute Gasteiger partial charge is 0.335 e. The molecule has 0 aromatic carbocycles. The highest BCUT2D eigenvalue weighted by molar-refractivity contribution is 5.95. The molecule has 1 aliphatic heterocycles. The third-order valence-corrected chi connectivity index (χ3v) is 3.85. The van der Waals surface area contributed by atoms with Gasteiger partial charge in [-0.1, -0.05) is 13.8 Å². The zero-order valence-electron chi connectivity index (χ0n) is 11.2. The van der Waals surface area contributed by atoms with E-state index in [-0.39, 0.29) is 17.2 Å². The summed E-state index contributed by atoms with van der Waals surface area (Å²) >= 11 is 0. The van der Waals surface area contributed by atoms with E-state index >= 15 is 0 Å². The zero-order chi connectivity index (χ0) is 14.0. The lowest BCUT2D eigenvalue weighted by molar-refractivity contribution is 0.0621. The average molecular weight is 262 g/mol. The van der Waals surface area contributed by atoms with Gasteiger partial charge in [0.15, 0.2) is 0 Å². The summed E-state index contributed by atoms with van der Waals surface area (Å²) in [4.78, 5) is 28.9. The summed E-state index contributed by atoms with van der Waals surface area (Å²) in [7, 11) is 0. The van der Waals surface area contributed by atoms with Crippen LogP contribution in [0.15, 0.2) is 18.3 Å². The first-order chi connectivity index (χ1) is 8.99. The Morgan fingerprint density at radius 2 is 2.11 bits per heavy atom. The molecular formula is C14H18N2O3. The molecule has 2 unspecified atom stereocenters. The van der Waals surface area contributed by atoms with Gasteiger partial charge < -0.3 is 10.0 Å². The van der Waals surface area contributed by atoms with Crippen molar-refractivity contribution in [3.63, 3.8) is 0 Å². The van der Waals surface area contributed by atoms with E-state index < -0.39 is 5.97 Å². The number of hydrogen-bond donors (Lipinski definition) is 1. The van der Waals surface area contributed by atoms with E-state index in [0.717, 1.165) is 6.42 Å². The fourth-order valence-corrected chi connectivity index (χ4v) is 2.29. The van der Waals surface area contributed by atoms with Gasteiger partial charge >= 0.3 is 5.97 Å². The predicted molar refractivity (Wildman–Crippen MR) is 70.0 cm³/mol. The van der Waals surface area contributed by atoms with E-state index in [4.69, 9.17) is 5.11 Å². The number of nitrogens with zero attached hydrogens (tertiary/aromatic N) is 2. The second-order valence-corrected chi connectivity index (χ2v) is 5.23. The molecule has 0 spiro atoms. The molecule has 2 atom stereocenters. The van der Waals surface area contributed by atoms with Gasteiger partial charge in [0, 0.05) is 19.3 Å². The second kappa shape index (κ2) is 5.38. The molecule has 1 aromatic heterocycles. The molecule has 19 heavy (non-hydrogen) atoms. The first-order valence-corrected chi connectivity index (χ1v) is 6.47. The summed E-state index contributed by atoms with van der Waals surface area (Å²) in [6, 6.07) is 2.73. The van der Waals surface area contributed by atoms with E-state index in [2.05, 4.69) is 18.8 Å². The lowest BCUT2D eigenvalue weighted by Gasteiger charge is -2.35. The lowest BCUT2D eigenvalue weighted by Crippen LogP contribution is -2.42. The van der Waals surface area contributed by atoms with Crippen LogP contribution in [0.1, 0.15) is 41.1 Å². The van der Waals surface area contributed by atoms with Crippen LogP contribution < -0.4 is 0 Å². The van der Waals surface area contributed by atoms with E-state index in [1.165, 1.54) is 18.3 Å². The second-order valence-electron chi connectivity index (χ2n) is 5.23. The SMILES string of the molecule is CC1CCN(C(=O)c2cc(C(=O)O)ccn2)CC1C. The summed E-state index contributed by atoms with van der Waals surface area (Å²) in [5.74, 6) is -0.151. The van der Waals surface area contributed by atoms with Crippen molar-refractivity contribution in [3.8, 4) is 0 Å². The lowest BCUT2D eigenvalue weighted by atomic mass is 9.88. The summed E-state index contributed by atoms with van der Waals surface area (Å²) < 4.78 is 0. The van der Waals surface area contributed by atoms with Gasteiger partial charge in [-0.2, -0.15) is 0 Å². The molecule has 1 fully saturated rings. The summed E-state index contributed by atoms with van der Waals surface area (Å²) in [5, 5.41) is 8.93. The number of carboxylic acids is 1. The molecule has 0 saturated carbocycles. The molecule has 5 nitrogen and oxygen atoms in total. The number of piperidine rings is 1. The minimum Gasteiger partial charge on any atom is -0.478 e. The fourth-order valence-electron chi connectivity index (χ4n) is 2.29. The van der Waals surface area contributed by atoms with Crippen LogP contribution in [-0.2, 0) is 0 Å². The van der Waals surface area contributed by atoms with Crippen molar-refractivity contribution < 1.29 is 14.7 Å². The van der Waals surface area contributed by atoms with E-state index in [1.54, 1.807) is 4.90 Å². The van der Waals surface area contributed by atoms with Gasteiger partial charge in [-0.3, -0.25) is 9.78 Å². The first kappa shape index (κ1) is 13.5. The maximum absolute atomic E-state index is 12.3. The van der Waals surface area contributed by atoms with Crippen molar-refractivity contribution in [1.82, 2.24) is 9.88 Å². The third-order valence-electron chi connectivity index (χ3n) is 3.85. The molecule has 0 aliphatic carbocycles. The maximum Gasteiger partial charge on any atom is 0.335 e. The minimum absolute atomic E-state index is 0.0942. The van der Waals surface area contributed by atoms with Crippen molar-refractivity contribution in [2.75, 3.05) is 13.1 Å². The first-order valence-electron chi connectivity index (χ1n) is 6.47. The largest absolute Gasteiger partial charge is 0.478 e. The molecule has 1 aromatic rings. The van der Waals surface area contributed by atoms with Crippen LogP contribution in [0.25, 0.3) is 0 Å². The number of carboxylic acid groups (broad SMARTS) is 1. The molecule has 2 heterocycles. The summed E-state index contributed by atoms with van der Waals surface area (Å²) in [5.41, 5.74) is 0.304. The Hall–Kier alpha value is -1.91. The van der Waals surface area contributed by atoms with Crippen molar-refractivity contribution in [2.24, 2.45) is 11.8 Å². The average Bonchev–Trinajstić information content (AvgIpc) is 2.41. The molecule has 0 bridgehead atoms. The van der Waals surface area contributed by atoms with Gasteiger partial charge in [0.1, 0.15) is 5.69 Å². The van der Waals surface area contributed by atoms with Gasteiger partial charge in [-0.25, -0.2) is 4.79 Å². The topological polar surface area (TPSA) is 70.5 Å². The Balaban J connectivity index is 2.16. The molecule has 102 valence electrons. The number of aromatic carboxylic acids is 1. The molecule has 5 heteroatoms. The third kappa shape index (κ3) is 2.92. The highest BCUT2D eigenvalue weighted by atomic mass is 16.4. The Morgan fingerprint density at radius 3 is 2.74 bits per heavy atom. The molecule has 0 radical (unpaired) electrons. The van der Waals surface area contributed by atoms with Gasteiger partial charge in [-0.15, -0.1) is 0 Å². The van der Waals surface area contributed by atoms with Crippen LogP contribution in [0.2, 0.25) is 0 Å². The van der Waals surface area contributed by atoms with E-state index in [0.29, 0.717) is 24.9 Å². The number of likely N-dealkylation sites (tertiary alicyclic amines) is 1. The fraction of sp³-hybridized carbons (Fsp3) is 0.500. The number of pyridine rings is 1. The van der Waals surface area contributed by atoms with Crippen LogP contribution in [0.5, 0.6) is 0 Å². The minimum atomic E-state index is -1.04. The molecule has 1 saturated heterocycles. The summed E-state index contributed by atoms with van der Waals surface area (Å²) in [6.45, 7) is 5.74. The number of aromatic nitrogens is 1. The Bertz CT molecular complexity index is 501. The molecule has 1 aliphatic rings. The highest BCUT2D eigenvalue weighted by Gasteiger charge is 2.27. The van der Waals surface area contributed by atoms with Crippen LogP contribution in [0.3, 0.4) is 0 Å². The van der Waals surface area contributed by atoms with Crippen LogP contribution in [0.4, 0.5) is 0 Å². The molecule has 1 N–H and O–H groups in total. The Labute approximate surface area is 112 Å². The van der Waals surface area contributed by atoms with Gasteiger partial charge in [-0.05, 0) is 30.4 Å². The quantitative estimate of drug-likeness (QED) is 0.883. The van der Waals surface area contributed by atoms with Gasteiger partial charge in [0.25, 0.3) is 5.91 Å². The normalized spacial score (nSPS) is 23.2. The van der Waals surface area contributed by atoms with Gasteiger partial charge in [0.2, 0.25) is 0 Å². The summed E-state index contributed by atoms with van der Waals surface area (Å²) in [6.07, 6.45) is 2.35. The monoisotopic (exact) mass is 262 g/mol. The van der Waals surface area contributed by atoms with Crippen molar-refractivity contribution in [3.05, 3.63) is 29.6 Å².